The first-order chi connectivity index (χ1) is 8.75. The number of carbonyl (C=O) groups is 1. The predicted octanol–water partition coefficient (Wildman–Crippen LogP) is 1.47. The summed E-state index contributed by atoms with van der Waals surface area (Å²) in [6, 6.07) is 1.41. The minimum absolute atomic E-state index is 0.0816. The lowest BCUT2D eigenvalue weighted by molar-refractivity contribution is 0.0175. The molecule has 0 saturated carbocycles. The van der Waals surface area contributed by atoms with Crippen molar-refractivity contribution < 1.29 is 9.53 Å². The third-order valence-corrected chi connectivity index (χ3v) is 3.00. The van der Waals surface area contributed by atoms with Crippen LogP contribution in [0.5, 0.6) is 0 Å². The molecule has 0 radical (unpaired) electrons. The van der Waals surface area contributed by atoms with Crippen molar-refractivity contribution in [2.75, 3.05) is 13.7 Å². The number of aromatic nitrogens is 1. The van der Waals surface area contributed by atoms with Crippen molar-refractivity contribution in [2.24, 2.45) is 5.41 Å². The zero-order chi connectivity index (χ0) is 14.6. The number of ether oxygens (including phenoxy) is 1. The fourth-order valence-electron chi connectivity index (χ4n) is 1.77. The van der Waals surface area contributed by atoms with Crippen molar-refractivity contribution in [1.82, 2.24) is 10.3 Å². The molecule has 0 fully saturated rings. The average molecular weight is 266 g/mol. The van der Waals surface area contributed by atoms with E-state index in [9.17, 15) is 9.59 Å². The Morgan fingerprint density at radius 1 is 1.47 bits per heavy atom. The van der Waals surface area contributed by atoms with Gasteiger partial charge < -0.3 is 15.0 Å². The monoisotopic (exact) mass is 266 g/mol. The summed E-state index contributed by atoms with van der Waals surface area (Å²) in [4.78, 5) is 26.5. The highest BCUT2D eigenvalue weighted by molar-refractivity contribution is 5.93. The largest absolute Gasteiger partial charge is 0.379 e. The smallest absolute Gasteiger partial charge is 0.256 e. The lowest BCUT2D eigenvalue weighted by Crippen LogP contribution is -2.41. The van der Waals surface area contributed by atoms with Crippen molar-refractivity contribution in [1.29, 1.82) is 0 Å². The molecule has 0 aliphatic rings. The number of carbonyl (C=O) groups excluding carboxylic acids is 1. The number of H-pyrrole nitrogens is 1. The maximum absolute atomic E-state index is 11.9. The molecule has 1 amide bonds. The van der Waals surface area contributed by atoms with E-state index in [4.69, 9.17) is 4.74 Å². The van der Waals surface area contributed by atoms with E-state index in [2.05, 4.69) is 10.3 Å². The van der Waals surface area contributed by atoms with Gasteiger partial charge in [0.25, 0.3) is 5.91 Å². The second-order valence-electron chi connectivity index (χ2n) is 5.69. The second kappa shape index (κ2) is 6.02. The molecule has 0 aromatic carbocycles. The molecule has 5 heteroatoms. The van der Waals surface area contributed by atoms with E-state index in [0.717, 1.165) is 5.69 Å². The Morgan fingerprint density at radius 2 is 2.11 bits per heavy atom. The zero-order valence-corrected chi connectivity index (χ0v) is 12.2. The number of hydrogen-bond donors (Lipinski definition) is 2. The van der Waals surface area contributed by atoms with Crippen LogP contribution in [0.15, 0.2) is 17.1 Å². The van der Waals surface area contributed by atoms with Gasteiger partial charge in [-0.25, -0.2) is 0 Å². The molecule has 0 spiro atoms. The quantitative estimate of drug-likeness (QED) is 0.867. The highest BCUT2D eigenvalue weighted by Crippen LogP contribution is 2.20. The molecular formula is C14H22N2O3. The molecule has 0 aliphatic heterocycles. The molecule has 2 N–H and O–H groups in total. The number of amides is 1. The van der Waals surface area contributed by atoms with E-state index in [1.165, 1.54) is 12.3 Å². The first-order valence-corrected chi connectivity index (χ1v) is 6.26. The summed E-state index contributed by atoms with van der Waals surface area (Å²) in [7, 11) is 1.61. The zero-order valence-electron chi connectivity index (χ0n) is 12.2. The summed E-state index contributed by atoms with van der Waals surface area (Å²) in [6.07, 6.45) is 1.33. The molecule has 0 bridgehead atoms. The van der Waals surface area contributed by atoms with E-state index in [1.807, 2.05) is 20.8 Å². The molecule has 0 aliphatic carbocycles. The normalized spacial score (nSPS) is 13.1. The van der Waals surface area contributed by atoms with Crippen LogP contribution in [0.3, 0.4) is 0 Å². The van der Waals surface area contributed by atoms with E-state index < -0.39 is 0 Å². The number of hydrogen-bond acceptors (Lipinski definition) is 3. The Morgan fingerprint density at radius 3 is 2.58 bits per heavy atom. The van der Waals surface area contributed by atoms with Crippen LogP contribution in [0.1, 0.15) is 36.8 Å². The Balaban J connectivity index is 2.73. The Labute approximate surface area is 113 Å². The number of aryl methyl sites for hydroxylation is 1. The van der Waals surface area contributed by atoms with Gasteiger partial charge in [0.2, 0.25) is 0 Å². The molecule has 1 aromatic rings. The molecule has 19 heavy (non-hydrogen) atoms. The maximum Gasteiger partial charge on any atom is 0.256 e. The predicted molar refractivity (Wildman–Crippen MR) is 74.4 cm³/mol. The van der Waals surface area contributed by atoms with E-state index in [-0.39, 0.29) is 28.4 Å². The fraction of sp³-hybridized carbons (Fsp3) is 0.571. The van der Waals surface area contributed by atoms with Gasteiger partial charge in [0.1, 0.15) is 5.56 Å². The third kappa shape index (κ3) is 4.21. The molecular weight excluding hydrogens is 244 g/mol. The summed E-state index contributed by atoms with van der Waals surface area (Å²) in [5.74, 6) is -0.382. The summed E-state index contributed by atoms with van der Waals surface area (Å²) in [5, 5.41) is 2.73. The highest BCUT2D eigenvalue weighted by atomic mass is 16.5. The molecule has 1 aromatic heterocycles. The Bertz CT molecular complexity index is 500. The van der Waals surface area contributed by atoms with E-state index in [0.29, 0.717) is 6.54 Å². The molecule has 1 unspecified atom stereocenters. The van der Waals surface area contributed by atoms with Crippen LogP contribution in [-0.2, 0) is 4.74 Å². The van der Waals surface area contributed by atoms with E-state index in [1.54, 1.807) is 14.0 Å². The lowest BCUT2D eigenvalue weighted by atomic mass is 9.89. The number of nitrogens with one attached hydrogen (secondary N) is 2. The van der Waals surface area contributed by atoms with Crippen LogP contribution in [-0.4, -0.2) is 30.6 Å². The molecule has 0 saturated heterocycles. The average Bonchev–Trinajstić information content (AvgIpc) is 2.27. The summed E-state index contributed by atoms with van der Waals surface area (Å²) in [6.45, 7) is 8.24. The third-order valence-electron chi connectivity index (χ3n) is 3.00. The van der Waals surface area contributed by atoms with Crippen LogP contribution >= 0.6 is 0 Å². The van der Waals surface area contributed by atoms with Crippen LogP contribution < -0.4 is 10.7 Å². The van der Waals surface area contributed by atoms with Crippen LogP contribution in [0.2, 0.25) is 0 Å². The number of aromatic amines is 1. The molecule has 1 atom stereocenters. The van der Waals surface area contributed by atoms with Crippen LogP contribution in [0, 0.1) is 12.3 Å². The summed E-state index contributed by atoms with van der Waals surface area (Å²) < 4.78 is 5.35. The minimum Gasteiger partial charge on any atom is -0.379 e. The van der Waals surface area contributed by atoms with E-state index >= 15 is 0 Å². The lowest BCUT2D eigenvalue weighted by Gasteiger charge is -2.29. The van der Waals surface area contributed by atoms with Crippen molar-refractivity contribution in [3.05, 3.63) is 33.7 Å². The van der Waals surface area contributed by atoms with Gasteiger partial charge in [0.05, 0.1) is 6.10 Å². The van der Waals surface area contributed by atoms with Gasteiger partial charge in [-0.2, -0.15) is 0 Å². The van der Waals surface area contributed by atoms with Gasteiger partial charge in [-0.1, -0.05) is 20.8 Å². The van der Waals surface area contributed by atoms with Crippen LogP contribution in [0.25, 0.3) is 0 Å². The summed E-state index contributed by atoms with van der Waals surface area (Å²) in [5.41, 5.74) is 0.487. The number of rotatable bonds is 4. The maximum atomic E-state index is 11.9. The van der Waals surface area contributed by atoms with Crippen molar-refractivity contribution in [3.63, 3.8) is 0 Å². The second-order valence-corrected chi connectivity index (χ2v) is 5.69. The van der Waals surface area contributed by atoms with Crippen molar-refractivity contribution in [3.8, 4) is 0 Å². The van der Waals surface area contributed by atoms with Crippen molar-refractivity contribution >= 4 is 5.91 Å². The molecule has 106 valence electrons. The number of pyridine rings is 1. The Kier molecular flexibility index (Phi) is 4.89. The van der Waals surface area contributed by atoms with Crippen molar-refractivity contribution in [2.45, 2.75) is 33.8 Å². The number of methoxy groups -OCH3 is 1. The molecule has 1 heterocycles. The van der Waals surface area contributed by atoms with Crippen LogP contribution in [0.4, 0.5) is 0 Å². The molecule has 1 rings (SSSR count). The standard InChI is InChI=1S/C14H22N2O3/c1-9-6-11(17)10(7-15-9)13(18)16-8-12(19-5)14(2,3)4/h6-7,12H,8H2,1-5H3,(H,15,17)(H,16,18). The SMILES string of the molecule is COC(CNC(=O)c1c[nH]c(C)cc1=O)C(C)(C)C. The van der Waals surface area contributed by atoms with Gasteiger partial charge in [-0.3, -0.25) is 9.59 Å². The molecule has 5 nitrogen and oxygen atoms in total. The summed E-state index contributed by atoms with van der Waals surface area (Å²) >= 11 is 0. The van der Waals surface area contributed by atoms with Gasteiger partial charge in [-0.15, -0.1) is 0 Å². The van der Waals surface area contributed by atoms with Gasteiger partial charge in [0.15, 0.2) is 5.43 Å². The fourth-order valence-corrected chi connectivity index (χ4v) is 1.77. The highest BCUT2D eigenvalue weighted by Gasteiger charge is 2.25. The topological polar surface area (TPSA) is 71.2 Å². The first-order valence-electron chi connectivity index (χ1n) is 6.26. The van der Waals surface area contributed by atoms with Gasteiger partial charge in [-0.05, 0) is 12.3 Å². The van der Waals surface area contributed by atoms with Gasteiger partial charge >= 0.3 is 0 Å². The Hall–Kier alpha value is -1.62. The first kappa shape index (κ1) is 15.4. The van der Waals surface area contributed by atoms with Gasteiger partial charge in [0, 0.05) is 31.6 Å². The minimum atomic E-state index is -0.382.